The molecule has 0 aliphatic carbocycles. The quantitative estimate of drug-likeness (QED) is 0.769. The van der Waals surface area contributed by atoms with Crippen LogP contribution in [0.3, 0.4) is 0 Å². The van der Waals surface area contributed by atoms with Crippen molar-refractivity contribution in [1.29, 1.82) is 0 Å². The number of hydrogen-bond acceptors (Lipinski definition) is 7. The van der Waals surface area contributed by atoms with Gasteiger partial charge < -0.3 is 15.0 Å². The molecule has 4 rings (SSSR count). The first-order valence-electron chi connectivity index (χ1n) is 10.1. The molecule has 1 aromatic carbocycles. The molecule has 2 aliphatic rings. The lowest BCUT2D eigenvalue weighted by Gasteiger charge is -2.27. The molecule has 3 heterocycles. The molecule has 2 aromatic rings. The van der Waals surface area contributed by atoms with E-state index in [2.05, 4.69) is 20.2 Å². The summed E-state index contributed by atoms with van der Waals surface area (Å²) >= 11 is 0. The van der Waals surface area contributed by atoms with Crippen LogP contribution in [-0.4, -0.2) is 68.0 Å². The van der Waals surface area contributed by atoms with Crippen molar-refractivity contribution in [2.24, 2.45) is 0 Å². The minimum Gasteiger partial charge on any atom is -0.378 e. The highest BCUT2D eigenvalue weighted by Crippen LogP contribution is 2.21. The van der Waals surface area contributed by atoms with Gasteiger partial charge >= 0.3 is 0 Å². The van der Waals surface area contributed by atoms with Crippen molar-refractivity contribution in [3.05, 3.63) is 42.2 Å². The molecular weight excluding hydrogens is 406 g/mol. The highest BCUT2D eigenvalue weighted by Gasteiger charge is 2.26. The van der Waals surface area contributed by atoms with E-state index < -0.39 is 10.0 Å². The first kappa shape index (κ1) is 20.7. The molecule has 9 nitrogen and oxygen atoms in total. The number of aromatic nitrogens is 2. The Morgan fingerprint density at radius 1 is 0.967 bits per heavy atom. The van der Waals surface area contributed by atoms with Crippen LogP contribution < -0.4 is 10.2 Å². The lowest BCUT2D eigenvalue weighted by molar-refractivity contribution is 0.102. The minimum atomic E-state index is -3.52. The number of piperidine rings is 1. The largest absolute Gasteiger partial charge is 0.378 e. The van der Waals surface area contributed by atoms with E-state index in [4.69, 9.17) is 4.74 Å². The van der Waals surface area contributed by atoms with Crippen LogP contribution in [0.1, 0.15) is 29.6 Å². The number of sulfonamides is 1. The second kappa shape index (κ2) is 9.07. The summed E-state index contributed by atoms with van der Waals surface area (Å²) in [6.07, 6.45) is 4.23. The van der Waals surface area contributed by atoms with Gasteiger partial charge in [-0.3, -0.25) is 4.79 Å². The number of nitrogens with zero attached hydrogens (tertiary/aromatic N) is 4. The zero-order chi connectivity index (χ0) is 21.0. The molecule has 160 valence electrons. The lowest BCUT2D eigenvalue weighted by atomic mass is 10.2. The zero-order valence-corrected chi connectivity index (χ0v) is 17.5. The maximum absolute atomic E-state index is 12.7. The molecule has 2 aliphatic heterocycles. The van der Waals surface area contributed by atoms with E-state index in [0.29, 0.717) is 37.7 Å². The van der Waals surface area contributed by atoms with Gasteiger partial charge in [-0.15, -0.1) is 0 Å². The molecule has 2 fully saturated rings. The normalized spacial score (nSPS) is 18.2. The molecular formula is C20H25N5O4S. The van der Waals surface area contributed by atoms with Gasteiger partial charge in [-0.2, -0.15) is 4.31 Å². The summed E-state index contributed by atoms with van der Waals surface area (Å²) in [5, 5.41) is 2.75. The van der Waals surface area contributed by atoms with Crippen LogP contribution in [0.25, 0.3) is 0 Å². The summed E-state index contributed by atoms with van der Waals surface area (Å²) < 4.78 is 32.3. The second-order valence-corrected chi connectivity index (χ2v) is 9.24. The maximum atomic E-state index is 12.7. The average Bonchev–Trinajstić information content (AvgIpc) is 2.80. The molecule has 0 radical (unpaired) electrons. The van der Waals surface area contributed by atoms with Gasteiger partial charge in [0.05, 0.1) is 18.1 Å². The van der Waals surface area contributed by atoms with Gasteiger partial charge in [-0.05, 0) is 37.1 Å². The fourth-order valence-electron chi connectivity index (χ4n) is 3.60. The van der Waals surface area contributed by atoms with Crippen molar-refractivity contribution in [3.63, 3.8) is 0 Å². The number of hydrogen-bond donors (Lipinski definition) is 1. The van der Waals surface area contributed by atoms with Gasteiger partial charge in [-0.25, -0.2) is 18.4 Å². The van der Waals surface area contributed by atoms with E-state index in [1.165, 1.54) is 34.9 Å². The zero-order valence-electron chi connectivity index (χ0n) is 16.7. The van der Waals surface area contributed by atoms with Gasteiger partial charge in [0.25, 0.3) is 5.91 Å². The Bertz CT molecular complexity index is 985. The average molecular weight is 432 g/mol. The molecule has 2 saturated heterocycles. The lowest BCUT2D eigenvalue weighted by Crippen LogP contribution is -2.36. The number of carbonyl (C=O) groups is 1. The number of anilines is 2. The second-order valence-electron chi connectivity index (χ2n) is 7.30. The van der Waals surface area contributed by atoms with E-state index >= 15 is 0 Å². The van der Waals surface area contributed by atoms with Gasteiger partial charge in [-0.1, -0.05) is 6.42 Å². The third kappa shape index (κ3) is 4.61. The van der Waals surface area contributed by atoms with Crippen molar-refractivity contribution in [2.75, 3.05) is 49.6 Å². The van der Waals surface area contributed by atoms with E-state index in [-0.39, 0.29) is 10.8 Å². The fraction of sp³-hybridized carbons (Fsp3) is 0.450. The van der Waals surface area contributed by atoms with Crippen molar-refractivity contribution in [2.45, 2.75) is 24.2 Å². The van der Waals surface area contributed by atoms with Crippen LogP contribution >= 0.6 is 0 Å². The molecule has 1 amide bonds. The third-order valence-corrected chi connectivity index (χ3v) is 7.21. The van der Waals surface area contributed by atoms with Gasteiger partial charge in [0, 0.05) is 37.8 Å². The highest BCUT2D eigenvalue weighted by atomic mass is 32.2. The molecule has 30 heavy (non-hydrogen) atoms. The summed E-state index contributed by atoms with van der Waals surface area (Å²) in [6, 6.07) is 7.74. The monoisotopic (exact) mass is 431 g/mol. The molecule has 0 saturated carbocycles. The SMILES string of the molecule is O=C(Nc1cc(N2CCOCC2)ncn1)c1ccc(S(=O)(=O)N2CCCCC2)cc1. The molecule has 1 aromatic heterocycles. The van der Waals surface area contributed by atoms with Crippen molar-refractivity contribution < 1.29 is 17.9 Å². The smallest absolute Gasteiger partial charge is 0.256 e. The van der Waals surface area contributed by atoms with E-state index in [1.807, 2.05) is 0 Å². The standard InChI is InChI=1S/C20H25N5O4S/c26-20(23-18-14-19(22-15-21-18)24-10-12-29-13-11-24)16-4-6-17(7-5-16)30(27,28)25-8-2-1-3-9-25/h4-7,14-15H,1-3,8-13H2,(H,21,22,23,26). The van der Waals surface area contributed by atoms with Crippen LogP contribution in [0.2, 0.25) is 0 Å². The Kier molecular flexibility index (Phi) is 6.26. The topological polar surface area (TPSA) is 105 Å². The number of carbonyl (C=O) groups excluding carboxylic acids is 1. The summed E-state index contributed by atoms with van der Waals surface area (Å²) in [5.41, 5.74) is 0.360. The van der Waals surface area contributed by atoms with Crippen LogP contribution in [0, 0.1) is 0 Å². The third-order valence-electron chi connectivity index (χ3n) is 5.30. The Hall–Kier alpha value is -2.56. The van der Waals surface area contributed by atoms with Crippen LogP contribution in [0.15, 0.2) is 41.6 Å². The number of morpholine rings is 1. The molecule has 1 N–H and O–H groups in total. The summed E-state index contributed by atoms with van der Waals surface area (Å²) in [6.45, 7) is 3.83. The minimum absolute atomic E-state index is 0.206. The maximum Gasteiger partial charge on any atom is 0.256 e. The number of nitrogens with one attached hydrogen (secondary N) is 1. The number of amides is 1. The highest BCUT2D eigenvalue weighted by molar-refractivity contribution is 7.89. The molecule has 10 heteroatoms. The van der Waals surface area contributed by atoms with Gasteiger partial charge in [0.1, 0.15) is 18.0 Å². The first-order valence-corrected chi connectivity index (χ1v) is 11.5. The Morgan fingerprint density at radius 3 is 2.37 bits per heavy atom. The summed E-state index contributed by atoms with van der Waals surface area (Å²) in [5.74, 6) is 0.761. The molecule has 0 atom stereocenters. The van der Waals surface area contributed by atoms with E-state index in [1.54, 1.807) is 6.07 Å². The number of ether oxygens (including phenoxy) is 1. The van der Waals surface area contributed by atoms with Crippen LogP contribution in [0.5, 0.6) is 0 Å². The van der Waals surface area contributed by atoms with Crippen molar-refractivity contribution in [3.8, 4) is 0 Å². The Labute approximate surface area is 176 Å². The Balaban J connectivity index is 1.44. The first-order chi connectivity index (χ1) is 14.5. The van der Waals surface area contributed by atoms with Crippen molar-refractivity contribution >= 4 is 27.6 Å². The summed E-state index contributed by atoms with van der Waals surface area (Å²) in [4.78, 5) is 23.3. The van der Waals surface area contributed by atoms with Crippen LogP contribution in [-0.2, 0) is 14.8 Å². The van der Waals surface area contributed by atoms with Crippen molar-refractivity contribution in [1.82, 2.24) is 14.3 Å². The van der Waals surface area contributed by atoms with E-state index in [0.717, 1.165) is 38.2 Å². The molecule has 0 spiro atoms. The number of rotatable bonds is 5. The van der Waals surface area contributed by atoms with E-state index in [9.17, 15) is 13.2 Å². The number of benzene rings is 1. The van der Waals surface area contributed by atoms with Crippen LogP contribution in [0.4, 0.5) is 11.6 Å². The molecule has 0 unspecified atom stereocenters. The molecule has 0 bridgehead atoms. The Morgan fingerprint density at radius 2 is 1.67 bits per heavy atom. The summed E-state index contributed by atoms with van der Waals surface area (Å²) in [7, 11) is -3.52. The van der Waals surface area contributed by atoms with Gasteiger partial charge in [0.15, 0.2) is 0 Å². The fourth-order valence-corrected chi connectivity index (χ4v) is 5.12. The predicted octanol–water partition coefficient (Wildman–Crippen LogP) is 1.74. The van der Waals surface area contributed by atoms with Gasteiger partial charge in [0.2, 0.25) is 10.0 Å². The predicted molar refractivity (Wildman–Crippen MR) is 112 cm³/mol.